The predicted octanol–water partition coefficient (Wildman–Crippen LogP) is 1.16. The maximum atomic E-state index is 12.9. The molecule has 124 valence electrons. The van der Waals surface area contributed by atoms with Crippen molar-refractivity contribution in [3.63, 3.8) is 0 Å². The van der Waals surface area contributed by atoms with E-state index >= 15 is 0 Å². The molecule has 0 aliphatic carbocycles. The summed E-state index contributed by atoms with van der Waals surface area (Å²) in [5, 5.41) is 0. The van der Waals surface area contributed by atoms with Gasteiger partial charge in [-0.05, 0) is 45.6 Å². The number of amides is 1. The number of hydrogen-bond acceptors (Lipinski definition) is 4. The zero-order valence-electron chi connectivity index (χ0n) is 14.3. The van der Waals surface area contributed by atoms with E-state index in [2.05, 4.69) is 0 Å². The van der Waals surface area contributed by atoms with Crippen LogP contribution in [0, 0.1) is 0 Å². The quantitative estimate of drug-likeness (QED) is 0.832. The first kappa shape index (κ1) is 16.5. The van der Waals surface area contributed by atoms with Crippen molar-refractivity contribution in [2.24, 2.45) is 5.73 Å². The molecule has 2 aliphatic rings. The molecule has 1 amide bonds. The Kier molecular flexibility index (Phi) is 4.03. The van der Waals surface area contributed by atoms with Gasteiger partial charge < -0.3 is 19.9 Å². The Hall–Kier alpha value is -1.37. The lowest BCUT2D eigenvalue weighted by atomic mass is 9.75. The molecule has 0 aromatic heterocycles. The summed E-state index contributed by atoms with van der Waals surface area (Å²) in [6.07, 6.45) is 0.852. The Labute approximate surface area is 138 Å². The van der Waals surface area contributed by atoms with Gasteiger partial charge in [-0.1, -0.05) is 18.2 Å². The topological polar surface area (TPSA) is 64.8 Å². The van der Waals surface area contributed by atoms with Crippen LogP contribution in [0.4, 0.5) is 0 Å². The maximum Gasteiger partial charge on any atom is 0.495 e. The fourth-order valence-corrected chi connectivity index (χ4v) is 3.01. The van der Waals surface area contributed by atoms with Crippen LogP contribution in [-0.4, -0.2) is 48.3 Å². The second-order valence-corrected chi connectivity index (χ2v) is 7.48. The lowest BCUT2D eigenvalue weighted by Crippen LogP contribution is -2.41. The van der Waals surface area contributed by atoms with Crippen molar-refractivity contribution in [3.8, 4) is 0 Å². The summed E-state index contributed by atoms with van der Waals surface area (Å²) in [6, 6.07) is 7.60. The van der Waals surface area contributed by atoms with Crippen LogP contribution in [-0.2, 0) is 9.31 Å². The van der Waals surface area contributed by atoms with Gasteiger partial charge in [0.25, 0.3) is 5.91 Å². The number of carbonyl (C=O) groups is 1. The van der Waals surface area contributed by atoms with Gasteiger partial charge in [-0.2, -0.15) is 0 Å². The van der Waals surface area contributed by atoms with Gasteiger partial charge in [0.15, 0.2) is 0 Å². The molecule has 2 heterocycles. The summed E-state index contributed by atoms with van der Waals surface area (Å²) in [6.45, 7) is 9.36. The van der Waals surface area contributed by atoms with Crippen LogP contribution in [0.1, 0.15) is 44.5 Å². The van der Waals surface area contributed by atoms with Crippen LogP contribution in [0.2, 0.25) is 0 Å². The van der Waals surface area contributed by atoms with Crippen molar-refractivity contribution in [2.75, 3.05) is 13.1 Å². The normalized spacial score (nSPS) is 25.9. The molecule has 0 spiro atoms. The summed E-state index contributed by atoms with van der Waals surface area (Å²) < 4.78 is 12.2. The molecule has 2 fully saturated rings. The van der Waals surface area contributed by atoms with Gasteiger partial charge in [-0.3, -0.25) is 4.79 Å². The molecule has 2 aliphatic heterocycles. The summed E-state index contributed by atoms with van der Waals surface area (Å²) >= 11 is 0. The SMILES string of the molecule is CC1(C)OB(c2ccccc2C(=O)N2CCC(N)C2)OC1(C)C. The van der Waals surface area contributed by atoms with Crippen molar-refractivity contribution in [2.45, 2.75) is 51.4 Å². The average molecular weight is 316 g/mol. The fourth-order valence-electron chi connectivity index (χ4n) is 3.01. The minimum absolute atomic E-state index is 0.00302. The Bertz CT molecular complexity index is 602. The number of likely N-dealkylation sites (tertiary alicyclic amines) is 1. The van der Waals surface area contributed by atoms with E-state index in [4.69, 9.17) is 15.0 Å². The van der Waals surface area contributed by atoms with E-state index < -0.39 is 18.3 Å². The number of hydrogen-bond donors (Lipinski definition) is 1. The standard InChI is InChI=1S/C17H25BN2O3/c1-16(2)17(3,4)23-18(22-16)14-8-6-5-7-13(14)15(21)20-10-9-12(19)11-20/h5-8,12H,9-11,19H2,1-4H3. The minimum Gasteiger partial charge on any atom is -0.399 e. The molecule has 6 heteroatoms. The fraction of sp³-hybridized carbons (Fsp3) is 0.588. The average Bonchev–Trinajstić information content (AvgIpc) is 3.00. The van der Waals surface area contributed by atoms with Crippen molar-refractivity contribution in [1.82, 2.24) is 4.90 Å². The zero-order valence-corrected chi connectivity index (χ0v) is 14.3. The smallest absolute Gasteiger partial charge is 0.399 e. The molecule has 0 radical (unpaired) electrons. The highest BCUT2D eigenvalue weighted by atomic mass is 16.7. The van der Waals surface area contributed by atoms with Gasteiger partial charge in [0.2, 0.25) is 0 Å². The van der Waals surface area contributed by atoms with E-state index in [0.29, 0.717) is 18.7 Å². The van der Waals surface area contributed by atoms with Crippen LogP contribution in [0.3, 0.4) is 0 Å². The van der Waals surface area contributed by atoms with Crippen LogP contribution < -0.4 is 11.2 Å². The van der Waals surface area contributed by atoms with Gasteiger partial charge >= 0.3 is 7.12 Å². The molecular formula is C17H25BN2O3. The van der Waals surface area contributed by atoms with E-state index in [9.17, 15) is 4.79 Å². The highest BCUT2D eigenvalue weighted by molar-refractivity contribution is 6.63. The van der Waals surface area contributed by atoms with Crippen LogP contribution in [0.5, 0.6) is 0 Å². The van der Waals surface area contributed by atoms with Crippen LogP contribution in [0.15, 0.2) is 24.3 Å². The molecule has 0 saturated carbocycles. The maximum absolute atomic E-state index is 12.9. The molecule has 0 bridgehead atoms. The first-order chi connectivity index (χ1) is 10.7. The van der Waals surface area contributed by atoms with Crippen LogP contribution >= 0.6 is 0 Å². The number of nitrogens with two attached hydrogens (primary N) is 1. The number of nitrogens with zero attached hydrogens (tertiary/aromatic N) is 1. The van der Waals surface area contributed by atoms with E-state index in [-0.39, 0.29) is 11.9 Å². The number of benzene rings is 1. The van der Waals surface area contributed by atoms with Gasteiger partial charge in [0, 0.05) is 24.7 Å². The summed E-state index contributed by atoms with van der Waals surface area (Å²) in [4.78, 5) is 14.7. The monoisotopic (exact) mass is 316 g/mol. The Morgan fingerprint density at radius 2 is 1.83 bits per heavy atom. The molecule has 1 unspecified atom stereocenters. The minimum atomic E-state index is -0.531. The molecule has 2 N–H and O–H groups in total. The molecule has 1 atom stereocenters. The zero-order chi connectivity index (χ0) is 16.8. The van der Waals surface area contributed by atoms with Crippen molar-refractivity contribution in [3.05, 3.63) is 29.8 Å². The lowest BCUT2D eigenvalue weighted by molar-refractivity contribution is 0.00578. The van der Waals surface area contributed by atoms with Crippen LogP contribution in [0.25, 0.3) is 0 Å². The first-order valence-electron chi connectivity index (χ1n) is 8.21. The third-order valence-electron chi connectivity index (χ3n) is 5.21. The van der Waals surface area contributed by atoms with Gasteiger partial charge in [-0.25, -0.2) is 0 Å². The van der Waals surface area contributed by atoms with Crippen molar-refractivity contribution in [1.29, 1.82) is 0 Å². The highest BCUT2D eigenvalue weighted by Crippen LogP contribution is 2.36. The number of carbonyl (C=O) groups excluding carboxylic acids is 1. The predicted molar refractivity (Wildman–Crippen MR) is 90.7 cm³/mol. The summed E-state index contributed by atoms with van der Waals surface area (Å²) in [5.41, 5.74) is 6.50. The van der Waals surface area contributed by atoms with E-state index in [1.807, 2.05) is 56.9 Å². The highest BCUT2D eigenvalue weighted by Gasteiger charge is 2.52. The van der Waals surface area contributed by atoms with Crippen molar-refractivity contribution < 1.29 is 14.1 Å². The molecule has 1 aromatic carbocycles. The second kappa shape index (κ2) is 5.62. The van der Waals surface area contributed by atoms with Gasteiger partial charge in [0.1, 0.15) is 0 Å². The number of rotatable bonds is 2. The largest absolute Gasteiger partial charge is 0.495 e. The molecule has 5 nitrogen and oxygen atoms in total. The van der Waals surface area contributed by atoms with E-state index in [0.717, 1.165) is 11.9 Å². The van der Waals surface area contributed by atoms with E-state index in [1.54, 1.807) is 0 Å². The second-order valence-electron chi connectivity index (χ2n) is 7.48. The molecule has 2 saturated heterocycles. The van der Waals surface area contributed by atoms with Crippen molar-refractivity contribution >= 4 is 18.5 Å². The third-order valence-corrected chi connectivity index (χ3v) is 5.21. The molecule has 1 aromatic rings. The van der Waals surface area contributed by atoms with E-state index in [1.165, 1.54) is 0 Å². The summed E-state index contributed by atoms with van der Waals surface area (Å²) in [5.74, 6) is 0.00302. The molecular weight excluding hydrogens is 291 g/mol. The summed E-state index contributed by atoms with van der Waals surface area (Å²) in [7, 11) is -0.531. The van der Waals surface area contributed by atoms with Gasteiger partial charge in [0.05, 0.1) is 11.2 Å². The lowest BCUT2D eigenvalue weighted by Gasteiger charge is -2.32. The van der Waals surface area contributed by atoms with Gasteiger partial charge in [-0.15, -0.1) is 0 Å². The Balaban J connectivity index is 1.89. The first-order valence-corrected chi connectivity index (χ1v) is 8.21. The third kappa shape index (κ3) is 2.91. The Morgan fingerprint density at radius 3 is 2.39 bits per heavy atom. The Morgan fingerprint density at radius 1 is 1.22 bits per heavy atom. The molecule has 23 heavy (non-hydrogen) atoms. The molecule has 3 rings (SSSR count).